The molecule has 0 unspecified atom stereocenters. The second kappa shape index (κ2) is 5.96. The van der Waals surface area contributed by atoms with Crippen LogP contribution in [-0.4, -0.2) is 18.2 Å². The number of benzene rings is 2. The van der Waals surface area contributed by atoms with E-state index in [1.54, 1.807) is 25.1 Å². The van der Waals surface area contributed by atoms with Crippen LogP contribution in [0.15, 0.2) is 24.3 Å². The summed E-state index contributed by atoms with van der Waals surface area (Å²) in [5.74, 6) is -0.488. The Balaban J connectivity index is 2.70. The Bertz CT molecular complexity index is 724. The molecule has 110 valence electrons. The van der Waals surface area contributed by atoms with Crippen LogP contribution in [0.1, 0.15) is 21.5 Å². The second-order valence-electron chi connectivity index (χ2n) is 4.75. The van der Waals surface area contributed by atoms with Gasteiger partial charge < -0.3 is 9.84 Å². The lowest BCUT2D eigenvalue weighted by atomic mass is 9.95. The molecule has 0 saturated heterocycles. The van der Waals surface area contributed by atoms with Gasteiger partial charge in [0.25, 0.3) is 0 Å². The summed E-state index contributed by atoms with van der Waals surface area (Å²) in [6.45, 7) is 3.67. The third kappa shape index (κ3) is 2.99. The molecule has 2 aromatic carbocycles. The monoisotopic (exact) mass is 324 g/mol. The minimum Gasteiger partial charge on any atom is -0.495 e. The van der Waals surface area contributed by atoms with Gasteiger partial charge in [-0.05, 0) is 42.7 Å². The highest BCUT2D eigenvalue weighted by atomic mass is 35.5. The molecule has 3 nitrogen and oxygen atoms in total. The first-order valence-corrected chi connectivity index (χ1v) is 6.98. The summed E-state index contributed by atoms with van der Waals surface area (Å²) in [7, 11) is 1.51. The van der Waals surface area contributed by atoms with E-state index >= 15 is 0 Å². The van der Waals surface area contributed by atoms with Gasteiger partial charge in [-0.15, -0.1) is 0 Å². The lowest BCUT2D eigenvalue weighted by molar-refractivity contribution is 0.0696. The number of rotatable bonds is 3. The fraction of sp³-hybridized carbons (Fsp3) is 0.188. The lowest BCUT2D eigenvalue weighted by Crippen LogP contribution is -2.01. The number of carboxylic acids is 1. The second-order valence-corrected chi connectivity index (χ2v) is 5.57. The molecule has 0 spiro atoms. The van der Waals surface area contributed by atoms with E-state index in [-0.39, 0.29) is 5.56 Å². The van der Waals surface area contributed by atoms with Crippen molar-refractivity contribution >= 4 is 29.2 Å². The van der Waals surface area contributed by atoms with Crippen LogP contribution >= 0.6 is 23.2 Å². The molecule has 0 bridgehead atoms. The average molecular weight is 325 g/mol. The van der Waals surface area contributed by atoms with E-state index in [1.165, 1.54) is 7.11 Å². The molecule has 2 rings (SSSR count). The zero-order chi connectivity index (χ0) is 15.7. The number of ether oxygens (including phenoxy) is 1. The topological polar surface area (TPSA) is 46.5 Å². The van der Waals surface area contributed by atoms with E-state index in [0.717, 1.165) is 11.1 Å². The number of carbonyl (C=O) groups is 1. The third-order valence-electron chi connectivity index (χ3n) is 3.33. The maximum atomic E-state index is 11.3. The van der Waals surface area contributed by atoms with Crippen LogP contribution in [0.25, 0.3) is 11.1 Å². The summed E-state index contributed by atoms with van der Waals surface area (Å²) in [6, 6.07) is 6.76. The third-order valence-corrected chi connectivity index (χ3v) is 3.94. The van der Waals surface area contributed by atoms with Gasteiger partial charge in [-0.1, -0.05) is 29.3 Å². The SMILES string of the molecule is COc1cc(Cl)c(-c2cc(C(=O)O)c(C)cc2C)cc1Cl. The molecule has 0 aliphatic carbocycles. The smallest absolute Gasteiger partial charge is 0.335 e. The van der Waals surface area contributed by atoms with Crippen LogP contribution in [0.3, 0.4) is 0 Å². The molecule has 0 radical (unpaired) electrons. The number of hydrogen-bond acceptors (Lipinski definition) is 2. The van der Waals surface area contributed by atoms with Crippen molar-refractivity contribution in [1.29, 1.82) is 0 Å². The van der Waals surface area contributed by atoms with Crippen molar-refractivity contribution in [2.45, 2.75) is 13.8 Å². The normalized spacial score (nSPS) is 10.5. The molecule has 0 saturated carbocycles. The summed E-state index contributed by atoms with van der Waals surface area (Å²) in [5.41, 5.74) is 3.31. The number of aryl methyl sites for hydroxylation is 2. The minimum absolute atomic E-state index is 0.249. The van der Waals surface area contributed by atoms with Crippen molar-refractivity contribution in [1.82, 2.24) is 0 Å². The summed E-state index contributed by atoms with van der Waals surface area (Å²) < 4.78 is 5.12. The van der Waals surface area contributed by atoms with Gasteiger partial charge >= 0.3 is 5.97 Å². The molecular weight excluding hydrogens is 311 g/mol. The molecule has 2 aromatic rings. The summed E-state index contributed by atoms with van der Waals surface area (Å²) in [6.07, 6.45) is 0. The first kappa shape index (κ1) is 15.7. The maximum Gasteiger partial charge on any atom is 0.335 e. The van der Waals surface area contributed by atoms with Gasteiger partial charge in [0.05, 0.1) is 22.7 Å². The number of carboxylic acid groups (broad SMARTS) is 1. The standard InChI is InChI=1S/C16H14Cl2O3/c1-8-4-9(2)11(16(19)20)5-10(8)12-6-14(18)15(21-3)7-13(12)17/h4-7H,1-3H3,(H,19,20). The Morgan fingerprint density at radius 1 is 1.00 bits per heavy atom. The van der Waals surface area contributed by atoms with Gasteiger partial charge in [0, 0.05) is 11.6 Å². The predicted molar refractivity (Wildman–Crippen MR) is 84.9 cm³/mol. The van der Waals surface area contributed by atoms with E-state index in [9.17, 15) is 9.90 Å². The Hall–Kier alpha value is -1.71. The molecule has 21 heavy (non-hydrogen) atoms. The summed E-state index contributed by atoms with van der Waals surface area (Å²) in [5, 5.41) is 10.1. The fourth-order valence-electron chi connectivity index (χ4n) is 2.26. The van der Waals surface area contributed by atoms with Crippen molar-refractivity contribution in [2.75, 3.05) is 7.11 Å². The molecule has 1 N–H and O–H groups in total. The largest absolute Gasteiger partial charge is 0.495 e. The molecule has 0 amide bonds. The number of halogens is 2. The summed E-state index contributed by atoms with van der Waals surface area (Å²) in [4.78, 5) is 11.3. The predicted octanol–water partition coefficient (Wildman–Crippen LogP) is 4.98. The molecule has 0 fully saturated rings. The first-order valence-electron chi connectivity index (χ1n) is 6.23. The highest BCUT2D eigenvalue weighted by molar-refractivity contribution is 6.36. The molecule has 0 aliphatic heterocycles. The van der Waals surface area contributed by atoms with Crippen LogP contribution in [-0.2, 0) is 0 Å². The fourth-order valence-corrected chi connectivity index (χ4v) is 2.76. The van der Waals surface area contributed by atoms with Gasteiger partial charge in [0.2, 0.25) is 0 Å². The first-order chi connectivity index (χ1) is 9.85. The number of aromatic carboxylic acids is 1. The van der Waals surface area contributed by atoms with Crippen LogP contribution in [0.5, 0.6) is 5.75 Å². The van der Waals surface area contributed by atoms with E-state index < -0.39 is 5.97 Å². The maximum absolute atomic E-state index is 11.3. The highest BCUT2D eigenvalue weighted by Crippen LogP contribution is 2.38. The van der Waals surface area contributed by atoms with Crippen molar-refractivity contribution in [2.24, 2.45) is 0 Å². The quantitative estimate of drug-likeness (QED) is 0.865. The van der Waals surface area contributed by atoms with Gasteiger partial charge in [-0.2, -0.15) is 0 Å². The molecular formula is C16H14Cl2O3. The molecule has 0 heterocycles. The minimum atomic E-state index is -0.968. The Morgan fingerprint density at radius 2 is 1.67 bits per heavy atom. The number of methoxy groups -OCH3 is 1. The average Bonchev–Trinajstić information content (AvgIpc) is 2.41. The summed E-state index contributed by atoms with van der Waals surface area (Å²) >= 11 is 12.4. The van der Waals surface area contributed by atoms with Gasteiger partial charge in [0.15, 0.2) is 0 Å². The van der Waals surface area contributed by atoms with Crippen molar-refractivity contribution in [3.63, 3.8) is 0 Å². The van der Waals surface area contributed by atoms with Crippen LogP contribution in [0, 0.1) is 13.8 Å². The highest BCUT2D eigenvalue weighted by Gasteiger charge is 2.15. The van der Waals surface area contributed by atoms with E-state index in [0.29, 0.717) is 26.9 Å². The van der Waals surface area contributed by atoms with Gasteiger partial charge in [0.1, 0.15) is 5.75 Å². The van der Waals surface area contributed by atoms with Crippen molar-refractivity contribution in [3.05, 3.63) is 51.0 Å². The van der Waals surface area contributed by atoms with Crippen LogP contribution < -0.4 is 4.74 Å². The van der Waals surface area contributed by atoms with Crippen molar-refractivity contribution < 1.29 is 14.6 Å². The Labute approximate surface area is 133 Å². The van der Waals surface area contributed by atoms with Crippen LogP contribution in [0.4, 0.5) is 0 Å². The van der Waals surface area contributed by atoms with E-state index in [2.05, 4.69) is 0 Å². The van der Waals surface area contributed by atoms with Crippen molar-refractivity contribution in [3.8, 4) is 16.9 Å². The van der Waals surface area contributed by atoms with Gasteiger partial charge in [-0.3, -0.25) is 0 Å². The Morgan fingerprint density at radius 3 is 2.24 bits per heavy atom. The van der Waals surface area contributed by atoms with Gasteiger partial charge in [-0.25, -0.2) is 4.79 Å². The number of hydrogen-bond donors (Lipinski definition) is 1. The van der Waals surface area contributed by atoms with E-state index in [4.69, 9.17) is 27.9 Å². The molecule has 5 heteroatoms. The molecule has 0 aromatic heterocycles. The lowest BCUT2D eigenvalue weighted by Gasteiger charge is -2.13. The zero-order valence-corrected chi connectivity index (χ0v) is 13.3. The Kier molecular flexibility index (Phi) is 4.45. The zero-order valence-electron chi connectivity index (χ0n) is 11.8. The molecule has 0 aliphatic rings. The van der Waals surface area contributed by atoms with E-state index in [1.807, 2.05) is 13.0 Å². The van der Waals surface area contributed by atoms with Crippen LogP contribution in [0.2, 0.25) is 10.0 Å². The molecule has 0 atom stereocenters.